The number of primary amides is 1. The van der Waals surface area contributed by atoms with Gasteiger partial charge < -0.3 is 10.5 Å². The maximum absolute atomic E-state index is 12.0. The number of fused-ring (bicyclic) bond motifs is 1. The molecule has 1 aliphatic rings. The van der Waals surface area contributed by atoms with E-state index in [1.165, 1.54) is 0 Å². The molecule has 1 amide bonds. The smallest absolute Gasteiger partial charge is 0.225 e. The van der Waals surface area contributed by atoms with Crippen LogP contribution in [0.1, 0.15) is 29.4 Å². The monoisotopic (exact) mass is 267 g/mol. The van der Waals surface area contributed by atoms with Gasteiger partial charge in [0.05, 0.1) is 12.5 Å². The topological polar surface area (TPSA) is 52.3 Å². The van der Waals surface area contributed by atoms with Crippen LogP contribution in [0.2, 0.25) is 0 Å². The molecular weight excluding hydrogens is 250 g/mol. The summed E-state index contributed by atoms with van der Waals surface area (Å²) in [7, 11) is 0. The Morgan fingerprint density at radius 3 is 2.55 bits per heavy atom. The van der Waals surface area contributed by atoms with Crippen molar-refractivity contribution >= 4 is 5.91 Å². The van der Waals surface area contributed by atoms with E-state index in [-0.39, 0.29) is 17.7 Å². The van der Waals surface area contributed by atoms with Gasteiger partial charge in [0.1, 0.15) is 5.75 Å². The molecule has 3 rings (SSSR count). The van der Waals surface area contributed by atoms with E-state index >= 15 is 0 Å². The number of carbonyl (C=O) groups excluding carboxylic acids is 1. The average Bonchev–Trinajstić information content (AvgIpc) is 2.48. The van der Waals surface area contributed by atoms with Crippen molar-refractivity contribution in [3.05, 3.63) is 65.7 Å². The van der Waals surface area contributed by atoms with Gasteiger partial charge in [-0.05, 0) is 23.6 Å². The van der Waals surface area contributed by atoms with Crippen LogP contribution in [0.4, 0.5) is 0 Å². The number of nitrogens with two attached hydrogens (primary N) is 1. The molecule has 1 heterocycles. The molecule has 2 N–H and O–H groups in total. The molecule has 0 fully saturated rings. The lowest BCUT2D eigenvalue weighted by Crippen LogP contribution is -2.30. The minimum atomic E-state index is -0.304. The van der Waals surface area contributed by atoms with Gasteiger partial charge in [0.25, 0.3) is 0 Å². The number of hydrogen-bond acceptors (Lipinski definition) is 2. The fraction of sp³-hybridized carbons (Fsp3) is 0.235. The van der Waals surface area contributed by atoms with E-state index in [0.717, 1.165) is 23.3 Å². The summed E-state index contributed by atoms with van der Waals surface area (Å²) in [6.45, 7) is 0.623. The third-order valence-corrected chi connectivity index (χ3v) is 3.87. The Bertz CT molecular complexity index is 609. The molecule has 2 aromatic rings. The lowest BCUT2D eigenvalue weighted by Gasteiger charge is -2.31. The first-order valence-electron chi connectivity index (χ1n) is 6.83. The summed E-state index contributed by atoms with van der Waals surface area (Å²) >= 11 is 0. The van der Waals surface area contributed by atoms with Crippen molar-refractivity contribution in [3.63, 3.8) is 0 Å². The number of rotatable bonds is 3. The summed E-state index contributed by atoms with van der Waals surface area (Å²) in [6, 6.07) is 17.7. The molecule has 102 valence electrons. The highest BCUT2D eigenvalue weighted by Crippen LogP contribution is 2.42. The Balaban J connectivity index is 2.04. The largest absolute Gasteiger partial charge is 0.493 e. The molecule has 0 saturated heterocycles. The highest BCUT2D eigenvalue weighted by molar-refractivity contribution is 5.83. The number of carbonyl (C=O) groups is 1. The predicted octanol–water partition coefficient (Wildman–Crippen LogP) is 2.82. The van der Waals surface area contributed by atoms with Crippen molar-refractivity contribution in [2.24, 2.45) is 5.73 Å². The molecule has 2 aromatic carbocycles. The van der Waals surface area contributed by atoms with Crippen molar-refractivity contribution in [2.45, 2.75) is 18.3 Å². The second-order valence-corrected chi connectivity index (χ2v) is 5.07. The van der Waals surface area contributed by atoms with Gasteiger partial charge >= 0.3 is 0 Å². The summed E-state index contributed by atoms with van der Waals surface area (Å²) in [5.74, 6) is 0.366. The highest BCUT2D eigenvalue weighted by atomic mass is 16.5. The number of hydrogen-bond donors (Lipinski definition) is 1. The van der Waals surface area contributed by atoms with E-state index in [2.05, 4.69) is 0 Å². The fourth-order valence-electron chi connectivity index (χ4n) is 2.97. The highest BCUT2D eigenvalue weighted by Gasteiger charge is 2.33. The van der Waals surface area contributed by atoms with E-state index in [1.54, 1.807) is 0 Å². The van der Waals surface area contributed by atoms with Gasteiger partial charge in [0.2, 0.25) is 5.91 Å². The van der Waals surface area contributed by atoms with Crippen molar-refractivity contribution in [1.82, 2.24) is 0 Å². The van der Waals surface area contributed by atoms with E-state index < -0.39 is 0 Å². The van der Waals surface area contributed by atoms with E-state index in [1.807, 2.05) is 54.6 Å². The second kappa shape index (κ2) is 5.37. The number of ether oxygens (including phenoxy) is 1. The Morgan fingerprint density at radius 1 is 1.10 bits per heavy atom. The molecule has 0 radical (unpaired) electrons. The Morgan fingerprint density at radius 2 is 1.80 bits per heavy atom. The minimum Gasteiger partial charge on any atom is -0.493 e. The van der Waals surface area contributed by atoms with Gasteiger partial charge in [-0.1, -0.05) is 48.5 Å². The summed E-state index contributed by atoms with van der Waals surface area (Å²) in [5.41, 5.74) is 7.73. The quantitative estimate of drug-likeness (QED) is 0.929. The van der Waals surface area contributed by atoms with E-state index in [4.69, 9.17) is 10.5 Å². The van der Waals surface area contributed by atoms with Gasteiger partial charge in [-0.2, -0.15) is 0 Å². The first-order chi connectivity index (χ1) is 9.77. The molecule has 3 nitrogen and oxygen atoms in total. The third kappa shape index (κ3) is 2.27. The molecule has 0 aromatic heterocycles. The van der Waals surface area contributed by atoms with Crippen molar-refractivity contribution in [1.29, 1.82) is 0 Å². The normalized spacial score (nSPS) is 18.7. The second-order valence-electron chi connectivity index (χ2n) is 5.07. The van der Waals surface area contributed by atoms with Crippen LogP contribution in [-0.4, -0.2) is 12.5 Å². The lowest BCUT2D eigenvalue weighted by atomic mass is 9.78. The Kier molecular flexibility index (Phi) is 3.42. The van der Waals surface area contributed by atoms with Crippen LogP contribution in [0, 0.1) is 0 Å². The number of amides is 1. The molecule has 0 spiro atoms. The minimum absolute atomic E-state index is 0.0832. The first-order valence-corrected chi connectivity index (χ1v) is 6.83. The summed E-state index contributed by atoms with van der Waals surface area (Å²) in [4.78, 5) is 12.0. The molecule has 1 aliphatic heterocycles. The fourth-order valence-corrected chi connectivity index (χ4v) is 2.97. The summed E-state index contributed by atoms with van der Waals surface area (Å²) in [6.07, 6.45) is 0.805. The van der Waals surface area contributed by atoms with Crippen molar-refractivity contribution in [3.8, 4) is 5.75 Å². The zero-order valence-corrected chi connectivity index (χ0v) is 11.2. The average molecular weight is 267 g/mol. The SMILES string of the molecule is NC(=O)C(c1ccccc1)[C@H]1CCOc2ccccc21. The first kappa shape index (κ1) is 12.7. The third-order valence-electron chi connectivity index (χ3n) is 3.87. The number of para-hydroxylation sites is 1. The molecule has 1 unspecified atom stereocenters. The lowest BCUT2D eigenvalue weighted by molar-refractivity contribution is -0.120. The maximum Gasteiger partial charge on any atom is 0.225 e. The Hall–Kier alpha value is -2.29. The standard InChI is InChI=1S/C17H17NO2/c18-17(19)16(12-6-2-1-3-7-12)14-10-11-20-15-9-5-4-8-13(14)15/h1-9,14,16H,10-11H2,(H2,18,19)/t14-,16?/m0/s1. The molecular formula is C17H17NO2. The van der Waals surface area contributed by atoms with Crippen LogP contribution in [0.5, 0.6) is 5.75 Å². The zero-order chi connectivity index (χ0) is 13.9. The molecule has 2 atom stereocenters. The van der Waals surface area contributed by atoms with Crippen molar-refractivity contribution < 1.29 is 9.53 Å². The predicted molar refractivity (Wildman–Crippen MR) is 77.7 cm³/mol. The number of benzene rings is 2. The van der Waals surface area contributed by atoms with Crippen LogP contribution < -0.4 is 10.5 Å². The molecule has 0 bridgehead atoms. The van der Waals surface area contributed by atoms with Crippen molar-refractivity contribution in [2.75, 3.05) is 6.61 Å². The van der Waals surface area contributed by atoms with Gasteiger partial charge in [0.15, 0.2) is 0 Å². The van der Waals surface area contributed by atoms with E-state index in [0.29, 0.717) is 6.61 Å². The van der Waals surface area contributed by atoms with Crippen LogP contribution in [0.15, 0.2) is 54.6 Å². The van der Waals surface area contributed by atoms with Gasteiger partial charge in [-0.25, -0.2) is 0 Å². The summed E-state index contributed by atoms with van der Waals surface area (Å²) in [5, 5.41) is 0. The Labute approximate surface area is 118 Å². The summed E-state index contributed by atoms with van der Waals surface area (Å²) < 4.78 is 5.67. The zero-order valence-electron chi connectivity index (χ0n) is 11.2. The van der Waals surface area contributed by atoms with Crippen LogP contribution in [0.25, 0.3) is 0 Å². The van der Waals surface area contributed by atoms with E-state index in [9.17, 15) is 4.79 Å². The van der Waals surface area contributed by atoms with Gasteiger partial charge in [-0.3, -0.25) is 4.79 Å². The molecule has 0 aliphatic carbocycles. The molecule has 3 heteroatoms. The van der Waals surface area contributed by atoms with Crippen LogP contribution in [-0.2, 0) is 4.79 Å². The van der Waals surface area contributed by atoms with Crippen LogP contribution >= 0.6 is 0 Å². The molecule has 0 saturated carbocycles. The van der Waals surface area contributed by atoms with Gasteiger partial charge in [0, 0.05) is 5.92 Å². The maximum atomic E-state index is 12.0. The van der Waals surface area contributed by atoms with Gasteiger partial charge in [-0.15, -0.1) is 0 Å². The van der Waals surface area contributed by atoms with Crippen LogP contribution in [0.3, 0.4) is 0 Å². The molecule has 20 heavy (non-hydrogen) atoms.